The van der Waals surface area contributed by atoms with Crippen LogP contribution in [-0.2, 0) is 10.0 Å². The first-order chi connectivity index (χ1) is 7.46. The van der Waals surface area contributed by atoms with Crippen LogP contribution in [0.1, 0.15) is 18.6 Å². The maximum absolute atomic E-state index is 11.4. The lowest BCUT2D eigenvalue weighted by molar-refractivity contribution is 0.200. The van der Waals surface area contributed by atoms with Gasteiger partial charge in [-0.2, -0.15) is 5.26 Å². The minimum Gasteiger partial charge on any atom is -0.389 e. The second-order valence-corrected chi connectivity index (χ2v) is 5.00. The number of benzene rings is 1. The molecular formula is C10H12N2O3S. The van der Waals surface area contributed by atoms with Crippen molar-refractivity contribution < 1.29 is 13.5 Å². The Morgan fingerprint density at radius 1 is 1.50 bits per heavy atom. The van der Waals surface area contributed by atoms with Crippen molar-refractivity contribution in [3.8, 4) is 6.07 Å². The highest BCUT2D eigenvalue weighted by Gasteiger charge is 2.13. The van der Waals surface area contributed by atoms with E-state index in [1.165, 1.54) is 13.0 Å². The molecule has 0 aliphatic heterocycles. The number of aliphatic hydroxyl groups excluding tert-OH is 1. The van der Waals surface area contributed by atoms with Gasteiger partial charge in [-0.05, 0) is 13.0 Å². The van der Waals surface area contributed by atoms with Gasteiger partial charge in [0.1, 0.15) is 0 Å². The molecule has 0 aliphatic rings. The molecule has 0 heterocycles. The van der Waals surface area contributed by atoms with Crippen molar-refractivity contribution in [2.24, 2.45) is 0 Å². The summed E-state index contributed by atoms with van der Waals surface area (Å²) in [6.45, 7) is 1.54. The van der Waals surface area contributed by atoms with Crippen molar-refractivity contribution in [1.82, 2.24) is 0 Å². The van der Waals surface area contributed by atoms with E-state index in [-0.39, 0.29) is 0 Å². The summed E-state index contributed by atoms with van der Waals surface area (Å²) in [5.41, 5.74) is 0.775. The second-order valence-electron chi connectivity index (χ2n) is 3.28. The molecule has 0 aromatic heterocycles. The molecule has 86 valence electrons. The molecule has 2 N–H and O–H groups in total. The highest BCUT2D eigenvalue weighted by Crippen LogP contribution is 2.22. The first-order valence-corrected chi connectivity index (χ1v) is 6.26. The van der Waals surface area contributed by atoms with Crippen molar-refractivity contribution in [1.29, 1.82) is 5.26 Å². The molecule has 1 aromatic carbocycles. The molecule has 1 aromatic rings. The van der Waals surface area contributed by atoms with E-state index in [0.29, 0.717) is 11.3 Å². The van der Waals surface area contributed by atoms with Crippen molar-refractivity contribution in [2.45, 2.75) is 13.0 Å². The highest BCUT2D eigenvalue weighted by atomic mass is 32.2. The van der Waals surface area contributed by atoms with Crippen LogP contribution in [0.4, 0.5) is 5.69 Å². The number of hydrogen-bond donors (Lipinski definition) is 2. The van der Waals surface area contributed by atoms with Crippen molar-refractivity contribution in [2.75, 3.05) is 10.5 Å². The molecule has 1 rings (SSSR count). The lowest BCUT2D eigenvalue weighted by Crippen LogP contribution is -2.17. The molecule has 0 bridgehead atoms. The summed E-state index contributed by atoms with van der Waals surface area (Å²) in [7, 11) is -3.66. The quantitative estimate of drug-likeness (QED) is 0.821. The van der Waals surface area contributed by atoms with Crippen molar-refractivity contribution >= 4 is 15.7 Å². The zero-order valence-corrected chi connectivity index (χ0v) is 9.53. The monoisotopic (exact) mass is 240 g/mol. The average Bonchev–Trinajstić information content (AvgIpc) is 2.17. The van der Waals surface area contributed by atoms with Gasteiger partial charge in [0, 0.05) is 5.56 Å². The lowest BCUT2D eigenvalue weighted by atomic mass is 10.1. The van der Waals surface area contributed by atoms with Crippen LogP contribution in [0.5, 0.6) is 0 Å². The van der Waals surface area contributed by atoms with Gasteiger partial charge in [0.05, 0.1) is 17.9 Å². The van der Waals surface area contributed by atoms with E-state index in [1.807, 2.05) is 0 Å². The summed E-state index contributed by atoms with van der Waals surface area (Å²) >= 11 is 0. The first kappa shape index (κ1) is 12.5. The minimum absolute atomic E-state index is 0.299. The largest absolute Gasteiger partial charge is 0.389 e. The van der Waals surface area contributed by atoms with Crippen molar-refractivity contribution in [3.05, 3.63) is 29.8 Å². The van der Waals surface area contributed by atoms with E-state index in [1.54, 1.807) is 24.3 Å². The Kier molecular flexibility index (Phi) is 3.88. The summed E-state index contributed by atoms with van der Waals surface area (Å²) in [6.07, 6.45) is -0.777. The maximum Gasteiger partial charge on any atom is 0.246 e. The molecule has 0 fully saturated rings. The SMILES string of the molecule is CC(O)c1ccccc1NS(=O)(=O)CC#N. The van der Waals surface area contributed by atoms with E-state index >= 15 is 0 Å². The van der Waals surface area contributed by atoms with Gasteiger partial charge < -0.3 is 5.11 Å². The molecule has 1 unspecified atom stereocenters. The Balaban J connectivity index is 3.03. The molecule has 1 atom stereocenters. The van der Waals surface area contributed by atoms with Crippen LogP contribution in [0.3, 0.4) is 0 Å². The molecule has 0 amide bonds. The minimum atomic E-state index is -3.66. The fourth-order valence-electron chi connectivity index (χ4n) is 1.24. The molecule has 5 nitrogen and oxygen atoms in total. The third-order valence-electron chi connectivity index (χ3n) is 1.93. The zero-order valence-electron chi connectivity index (χ0n) is 8.71. The Bertz CT molecular complexity index is 503. The predicted octanol–water partition coefficient (Wildman–Crippen LogP) is 1.01. The number of nitrogens with one attached hydrogen (secondary N) is 1. The van der Waals surface area contributed by atoms with Gasteiger partial charge in [0.2, 0.25) is 10.0 Å². The topological polar surface area (TPSA) is 90.2 Å². The van der Waals surface area contributed by atoms with E-state index in [0.717, 1.165) is 0 Å². The van der Waals surface area contributed by atoms with Gasteiger partial charge in [-0.3, -0.25) is 4.72 Å². The van der Waals surface area contributed by atoms with Gasteiger partial charge in [0.25, 0.3) is 0 Å². The predicted molar refractivity (Wildman–Crippen MR) is 60.1 cm³/mol. The number of aliphatic hydroxyl groups is 1. The summed E-state index contributed by atoms with van der Waals surface area (Å²) in [6, 6.07) is 8.07. The third-order valence-corrected chi connectivity index (χ3v) is 2.97. The lowest BCUT2D eigenvalue weighted by Gasteiger charge is -2.12. The van der Waals surface area contributed by atoms with Gasteiger partial charge in [0.15, 0.2) is 5.75 Å². The summed E-state index contributed by atoms with van der Waals surface area (Å²) < 4.78 is 25.0. The molecule has 0 saturated heterocycles. The van der Waals surface area contributed by atoms with Gasteiger partial charge in [-0.25, -0.2) is 8.42 Å². The molecule has 6 heteroatoms. The number of hydrogen-bond acceptors (Lipinski definition) is 4. The number of nitrogens with zero attached hydrogens (tertiary/aromatic N) is 1. The Morgan fingerprint density at radius 2 is 2.12 bits per heavy atom. The third kappa shape index (κ3) is 3.22. The van der Waals surface area contributed by atoms with Crippen molar-refractivity contribution in [3.63, 3.8) is 0 Å². The van der Waals surface area contributed by atoms with Gasteiger partial charge in [-0.15, -0.1) is 0 Å². The summed E-state index contributed by atoms with van der Waals surface area (Å²) in [5.74, 6) is -0.610. The number of sulfonamides is 1. The number of anilines is 1. The summed E-state index contributed by atoms with van der Waals surface area (Å²) in [5, 5.41) is 17.8. The van der Waals surface area contributed by atoms with Crippen LogP contribution in [0.2, 0.25) is 0 Å². The summed E-state index contributed by atoms with van der Waals surface area (Å²) in [4.78, 5) is 0. The van der Waals surface area contributed by atoms with Gasteiger partial charge >= 0.3 is 0 Å². The average molecular weight is 240 g/mol. The standard InChI is InChI=1S/C10H12N2O3S/c1-8(13)9-4-2-3-5-10(9)12-16(14,15)7-6-11/h2-5,8,12-13H,7H2,1H3. The fraction of sp³-hybridized carbons (Fsp3) is 0.300. The van der Waals surface area contributed by atoms with E-state index in [9.17, 15) is 13.5 Å². The van der Waals surface area contributed by atoms with Crippen LogP contribution in [0.25, 0.3) is 0 Å². The molecule has 0 spiro atoms. The highest BCUT2D eigenvalue weighted by molar-refractivity contribution is 7.92. The van der Waals surface area contributed by atoms with Gasteiger partial charge in [-0.1, -0.05) is 18.2 Å². The fourth-order valence-corrected chi connectivity index (χ4v) is 2.01. The van der Waals surface area contributed by atoms with E-state index < -0.39 is 21.9 Å². The molecule has 0 aliphatic carbocycles. The van der Waals surface area contributed by atoms with Crippen LogP contribution in [0.15, 0.2) is 24.3 Å². The number of nitriles is 1. The Hall–Kier alpha value is -1.58. The first-order valence-electron chi connectivity index (χ1n) is 4.60. The maximum atomic E-state index is 11.4. The van der Waals surface area contributed by atoms with Crippen LogP contribution in [0, 0.1) is 11.3 Å². The molecule has 16 heavy (non-hydrogen) atoms. The Labute approximate surface area is 94.4 Å². The second kappa shape index (κ2) is 4.96. The Morgan fingerprint density at radius 3 is 2.69 bits per heavy atom. The van der Waals surface area contributed by atoms with Crippen LogP contribution < -0.4 is 4.72 Å². The number of para-hydroxylation sites is 1. The van der Waals surface area contributed by atoms with E-state index in [2.05, 4.69) is 4.72 Å². The normalized spacial score (nSPS) is 12.8. The molecular weight excluding hydrogens is 228 g/mol. The van der Waals surface area contributed by atoms with Crippen LogP contribution in [-0.4, -0.2) is 19.3 Å². The van der Waals surface area contributed by atoms with Crippen LogP contribution >= 0.6 is 0 Å². The number of rotatable bonds is 4. The zero-order chi connectivity index (χ0) is 12.2. The molecule has 0 saturated carbocycles. The van der Waals surface area contributed by atoms with E-state index in [4.69, 9.17) is 5.26 Å². The smallest absolute Gasteiger partial charge is 0.246 e. The molecule has 0 radical (unpaired) electrons.